The molecule has 2 aromatic carbocycles. The summed E-state index contributed by atoms with van der Waals surface area (Å²) < 4.78 is 18.5. The third-order valence-corrected chi connectivity index (χ3v) is 4.51. The minimum Gasteiger partial charge on any atom is -0.494 e. The number of nitrogens with zero attached hydrogens (tertiary/aromatic N) is 1. The molecule has 0 radical (unpaired) electrons. The van der Waals surface area contributed by atoms with E-state index < -0.39 is 11.7 Å². The molecule has 1 N–H and O–H groups in total. The van der Waals surface area contributed by atoms with E-state index in [2.05, 4.69) is 5.32 Å². The van der Waals surface area contributed by atoms with E-state index >= 15 is 0 Å². The smallest absolute Gasteiger partial charge is 0.244 e. The third-order valence-electron chi connectivity index (χ3n) is 3.88. The van der Waals surface area contributed by atoms with Crippen LogP contribution in [0.3, 0.4) is 0 Å². The maximum Gasteiger partial charge on any atom is 0.244 e. The normalized spacial score (nSPS) is 10.4. The molecule has 144 valence electrons. The van der Waals surface area contributed by atoms with E-state index in [0.717, 1.165) is 0 Å². The van der Waals surface area contributed by atoms with Crippen molar-refractivity contribution in [3.63, 3.8) is 0 Å². The number of carbonyl (C=O) groups is 2. The van der Waals surface area contributed by atoms with Gasteiger partial charge < -0.3 is 15.0 Å². The number of methoxy groups -OCH3 is 1. The van der Waals surface area contributed by atoms with Gasteiger partial charge in [-0.25, -0.2) is 4.39 Å². The first-order valence-electron chi connectivity index (χ1n) is 8.12. The minimum absolute atomic E-state index is 0.141. The second-order valence-electron chi connectivity index (χ2n) is 5.86. The van der Waals surface area contributed by atoms with Crippen LogP contribution in [0, 0.1) is 5.82 Å². The van der Waals surface area contributed by atoms with E-state index in [-0.39, 0.29) is 24.6 Å². The third kappa shape index (κ3) is 5.84. The Kier molecular flexibility index (Phi) is 7.45. The van der Waals surface area contributed by atoms with E-state index in [1.807, 2.05) is 0 Å². The minimum atomic E-state index is -0.480. The van der Waals surface area contributed by atoms with Crippen LogP contribution >= 0.6 is 23.2 Å². The number of likely N-dealkylation sites (N-methyl/N-ethyl adjacent to an activating group) is 1. The van der Waals surface area contributed by atoms with Gasteiger partial charge in [0.25, 0.3) is 0 Å². The number of benzene rings is 2. The predicted octanol–water partition coefficient (Wildman–Crippen LogP) is 4.17. The number of nitrogens with one attached hydrogen (secondary N) is 1. The monoisotopic (exact) mass is 412 g/mol. The fourth-order valence-electron chi connectivity index (χ4n) is 2.41. The Morgan fingerprint density at radius 3 is 2.44 bits per heavy atom. The van der Waals surface area contributed by atoms with Gasteiger partial charge in [-0.3, -0.25) is 9.59 Å². The van der Waals surface area contributed by atoms with Crippen LogP contribution in [-0.4, -0.2) is 37.4 Å². The van der Waals surface area contributed by atoms with Crippen LogP contribution in [-0.2, 0) is 16.0 Å². The number of hydrogen-bond acceptors (Lipinski definition) is 3. The number of aryl methyl sites for hydroxylation is 1. The summed E-state index contributed by atoms with van der Waals surface area (Å²) in [7, 11) is 2.90. The molecule has 0 aromatic heterocycles. The number of rotatable bonds is 7. The van der Waals surface area contributed by atoms with E-state index in [1.165, 1.54) is 31.2 Å². The summed E-state index contributed by atoms with van der Waals surface area (Å²) in [6, 6.07) is 9.41. The molecule has 0 aliphatic carbocycles. The van der Waals surface area contributed by atoms with Crippen molar-refractivity contribution in [3.8, 4) is 5.75 Å². The second-order valence-corrected chi connectivity index (χ2v) is 6.68. The molecule has 0 bridgehead atoms. The standard InChI is InChI=1S/C19H19Cl2FN2O3/c1-24(11-17(25)23-19-13(20)4-3-5-14(19)21)18(26)9-7-12-6-8-16(27-2)15(22)10-12/h3-6,8,10H,7,9,11H2,1-2H3,(H,23,25). The lowest BCUT2D eigenvalue weighted by Gasteiger charge is -2.17. The van der Waals surface area contributed by atoms with Gasteiger partial charge >= 0.3 is 0 Å². The van der Waals surface area contributed by atoms with Crippen LogP contribution in [0.15, 0.2) is 36.4 Å². The number of carbonyl (C=O) groups excluding carboxylic acids is 2. The van der Waals surface area contributed by atoms with Crippen LogP contribution in [0.4, 0.5) is 10.1 Å². The van der Waals surface area contributed by atoms with Crippen molar-refractivity contribution < 1.29 is 18.7 Å². The molecule has 2 rings (SSSR count). The van der Waals surface area contributed by atoms with Crippen molar-refractivity contribution in [1.82, 2.24) is 4.90 Å². The number of para-hydroxylation sites is 1. The van der Waals surface area contributed by atoms with Gasteiger partial charge in [0.2, 0.25) is 11.8 Å². The lowest BCUT2D eigenvalue weighted by Crippen LogP contribution is -2.35. The zero-order chi connectivity index (χ0) is 20.0. The Bertz CT molecular complexity index is 825. The molecule has 0 atom stereocenters. The molecule has 0 aliphatic heterocycles. The van der Waals surface area contributed by atoms with Gasteiger partial charge in [0.1, 0.15) is 0 Å². The molecule has 2 amide bonds. The molecule has 27 heavy (non-hydrogen) atoms. The van der Waals surface area contributed by atoms with E-state index in [9.17, 15) is 14.0 Å². The first-order valence-corrected chi connectivity index (χ1v) is 8.87. The molecule has 0 fully saturated rings. The summed E-state index contributed by atoms with van der Waals surface area (Å²) in [5.41, 5.74) is 0.975. The zero-order valence-electron chi connectivity index (χ0n) is 14.9. The number of amides is 2. The first-order chi connectivity index (χ1) is 12.8. The molecule has 0 saturated carbocycles. The maximum absolute atomic E-state index is 13.7. The van der Waals surface area contributed by atoms with Crippen LogP contribution < -0.4 is 10.1 Å². The van der Waals surface area contributed by atoms with E-state index in [0.29, 0.717) is 27.7 Å². The molecule has 0 aliphatic rings. The average Bonchev–Trinajstić information content (AvgIpc) is 2.63. The summed E-state index contributed by atoms with van der Waals surface area (Å²) >= 11 is 12.0. The van der Waals surface area contributed by atoms with Crippen LogP contribution in [0.1, 0.15) is 12.0 Å². The van der Waals surface area contributed by atoms with Gasteiger partial charge in [0.15, 0.2) is 11.6 Å². The number of ether oxygens (including phenoxy) is 1. The number of hydrogen-bond donors (Lipinski definition) is 1. The summed E-state index contributed by atoms with van der Waals surface area (Å²) in [5.74, 6) is -0.994. The van der Waals surface area contributed by atoms with Gasteiger partial charge in [-0.15, -0.1) is 0 Å². The van der Waals surface area contributed by atoms with Crippen molar-refractivity contribution in [1.29, 1.82) is 0 Å². The molecule has 0 saturated heterocycles. The molecule has 8 heteroatoms. The van der Waals surface area contributed by atoms with Crippen LogP contribution in [0.5, 0.6) is 5.75 Å². The summed E-state index contributed by atoms with van der Waals surface area (Å²) in [6.07, 6.45) is 0.491. The Morgan fingerprint density at radius 1 is 1.19 bits per heavy atom. The Labute approximate surface area is 167 Å². The average molecular weight is 413 g/mol. The second kappa shape index (κ2) is 9.58. The summed E-state index contributed by atoms with van der Waals surface area (Å²) in [6.45, 7) is -0.155. The molecular formula is C19H19Cl2FN2O3. The van der Waals surface area contributed by atoms with Gasteiger partial charge in [-0.05, 0) is 36.2 Å². The van der Waals surface area contributed by atoms with Gasteiger partial charge in [-0.2, -0.15) is 0 Å². The quantitative estimate of drug-likeness (QED) is 0.742. The molecule has 0 unspecified atom stereocenters. The Hall–Kier alpha value is -2.31. The lowest BCUT2D eigenvalue weighted by atomic mass is 10.1. The topological polar surface area (TPSA) is 58.6 Å². The molecular weight excluding hydrogens is 394 g/mol. The van der Waals surface area contributed by atoms with Crippen molar-refractivity contribution in [3.05, 3.63) is 57.8 Å². The lowest BCUT2D eigenvalue weighted by molar-refractivity contribution is -0.133. The van der Waals surface area contributed by atoms with Crippen molar-refractivity contribution in [2.75, 3.05) is 26.0 Å². The number of halogens is 3. The Morgan fingerprint density at radius 2 is 1.85 bits per heavy atom. The highest BCUT2D eigenvalue weighted by Crippen LogP contribution is 2.29. The molecule has 0 heterocycles. The number of anilines is 1. The highest BCUT2D eigenvalue weighted by molar-refractivity contribution is 6.39. The molecule has 0 spiro atoms. The Balaban J connectivity index is 1.88. The highest BCUT2D eigenvalue weighted by atomic mass is 35.5. The van der Waals surface area contributed by atoms with Crippen LogP contribution in [0.2, 0.25) is 10.0 Å². The van der Waals surface area contributed by atoms with Gasteiger partial charge in [0.05, 0.1) is 29.4 Å². The largest absolute Gasteiger partial charge is 0.494 e. The fraction of sp³-hybridized carbons (Fsp3) is 0.263. The summed E-state index contributed by atoms with van der Waals surface area (Å²) in [5, 5.41) is 3.22. The van der Waals surface area contributed by atoms with Gasteiger partial charge in [0, 0.05) is 13.5 Å². The van der Waals surface area contributed by atoms with Gasteiger partial charge in [-0.1, -0.05) is 35.3 Å². The molecule has 2 aromatic rings. The van der Waals surface area contributed by atoms with E-state index in [1.54, 1.807) is 24.3 Å². The van der Waals surface area contributed by atoms with Crippen LogP contribution in [0.25, 0.3) is 0 Å². The first kappa shape index (κ1) is 21.0. The predicted molar refractivity (Wildman–Crippen MR) is 104 cm³/mol. The molecule has 5 nitrogen and oxygen atoms in total. The van der Waals surface area contributed by atoms with Crippen molar-refractivity contribution >= 4 is 40.7 Å². The van der Waals surface area contributed by atoms with Crippen molar-refractivity contribution in [2.45, 2.75) is 12.8 Å². The maximum atomic E-state index is 13.7. The van der Waals surface area contributed by atoms with Crippen molar-refractivity contribution in [2.24, 2.45) is 0 Å². The zero-order valence-corrected chi connectivity index (χ0v) is 16.4. The highest BCUT2D eigenvalue weighted by Gasteiger charge is 2.15. The fourth-order valence-corrected chi connectivity index (χ4v) is 2.90. The van der Waals surface area contributed by atoms with E-state index in [4.69, 9.17) is 27.9 Å². The summed E-state index contributed by atoms with van der Waals surface area (Å²) in [4.78, 5) is 25.6. The SMILES string of the molecule is COc1ccc(CCC(=O)N(C)CC(=O)Nc2c(Cl)cccc2Cl)cc1F.